The fourth-order valence-corrected chi connectivity index (χ4v) is 3.61. The van der Waals surface area contributed by atoms with E-state index in [0.29, 0.717) is 5.02 Å². The fourth-order valence-electron chi connectivity index (χ4n) is 3.50. The van der Waals surface area contributed by atoms with Gasteiger partial charge in [-0.3, -0.25) is 4.79 Å². The molecule has 0 bridgehead atoms. The van der Waals surface area contributed by atoms with E-state index in [-0.39, 0.29) is 22.8 Å². The second kappa shape index (κ2) is 7.98. The van der Waals surface area contributed by atoms with Gasteiger partial charge < -0.3 is 10.2 Å². The molecule has 2 aromatic rings. The maximum atomic E-state index is 13.0. The van der Waals surface area contributed by atoms with Gasteiger partial charge in [0.05, 0.1) is 16.3 Å². The van der Waals surface area contributed by atoms with Gasteiger partial charge in [0.25, 0.3) is 0 Å². The van der Waals surface area contributed by atoms with Crippen molar-refractivity contribution in [1.82, 2.24) is 14.8 Å². The molecule has 1 fully saturated rings. The smallest absolute Gasteiger partial charge is 0.228 e. The molecule has 1 amide bonds. The Kier molecular flexibility index (Phi) is 5.95. The molecule has 0 atom stereocenters. The molecule has 1 aliphatic rings. The Bertz CT molecular complexity index is 853. The summed E-state index contributed by atoms with van der Waals surface area (Å²) in [5.74, 6) is 1.74. The summed E-state index contributed by atoms with van der Waals surface area (Å²) in [6, 6.07) is 5.79. The zero-order chi connectivity index (χ0) is 21.4. The predicted molar refractivity (Wildman–Crippen MR) is 119 cm³/mol. The number of aromatic nitrogens is 3. The van der Waals surface area contributed by atoms with E-state index in [9.17, 15) is 4.79 Å². The van der Waals surface area contributed by atoms with E-state index in [2.05, 4.69) is 56.7 Å². The van der Waals surface area contributed by atoms with Crippen LogP contribution in [0.1, 0.15) is 60.1 Å². The number of halogens is 1. The largest absolute Gasteiger partial charge is 0.357 e. The van der Waals surface area contributed by atoms with Crippen LogP contribution in [0.4, 0.5) is 11.6 Å². The lowest BCUT2D eigenvalue weighted by Crippen LogP contribution is -2.39. The van der Waals surface area contributed by atoms with Crippen LogP contribution in [0.3, 0.4) is 0 Å². The molecular formula is C22H32ClN5O. The maximum Gasteiger partial charge on any atom is 0.228 e. The minimum atomic E-state index is -0.213. The summed E-state index contributed by atoms with van der Waals surface area (Å²) in [6.07, 6.45) is 3.26. The average Bonchev–Trinajstić information content (AvgIpc) is 3.07. The zero-order valence-corrected chi connectivity index (χ0v) is 19.0. The third-order valence-corrected chi connectivity index (χ3v) is 5.49. The molecule has 0 saturated carbocycles. The lowest BCUT2D eigenvalue weighted by atomic mass is 9.92. The molecule has 29 heavy (non-hydrogen) atoms. The van der Waals surface area contributed by atoms with Gasteiger partial charge in [-0.15, -0.1) is 0 Å². The summed E-state index contributed by atoms with van der Waals surface area (Å²) in [7, 11) is 0. The molecule has 7 heteroatoms. The Hall–Kier alpha value is -2.08. The van der Waals surface area contributed by atoms with Crippen LogP contribution >= 0.6 is 11.6 Å². The molecule has 1 aliphatic heterocycles. The number of hydrogen-bond donors (Lipinski definition) is 1. The summed E-state index contributed by atoms with van der Waals surface area (Å²) in [5, 5.41) is 8.57. The van der Waals surface area contributed by atoms with Crippen LogP contribution < -0.4 is 10.2 Å². The molecule has 0 aromatic carbocycles. The molecule has 0 aliphatic carbocycles. The van der Waals surface area contributed by atoms with Crippen LogP contribution in [-0.4, -0.2) is 33.8 Å². The molecule has 158 valence electrons. The first-order valence-electron chi connectivity index (χ1n) is 10.2. The van der Waals surface area contributed by atoms with Crippen molar-refractivity contribution < 1.29 is 4.79 Å². The Labute approximate surface area is 178 Å². The first-order valence-corrected chi connectivity index (χ1v) is 10.6. The first kappa shape index (κ1) is 21.6. The van der Waals surface area contributed by atoms with Crippen molar-refractivity contribution in [3.05, 3.63) is 35.1 Å². The SMILES string of the molecule is CC(C)(C)c1cc(NC(=O)C2CCN(c3ccc(Cl)cn3)CC2)n(C(C)(C)C)n1. The second-order valence-corrected chi connectivity index (χ2v) is 10.3. The van der Waals surface area contributed by atoms with Crippen molar-refractivity contribution in [3.63, 3.8) is 0 Å². The fraction of sp³-hybridized carbons (Fsp3) is 0.591. The van der Waals surface area contributed by atoms with E-state index < -0.39 is 0 Å². The summed E-state index contributed by atoms with van der Waals surface area (Å²) >= 11 is 5.93. The summed E-state index contributed by atoms with van der Waals surface area (Å²) in [6.45, 7) is 14.3. The van der Waals surface area contributed by atoms with Gasteiger partial charge in [-0.1, -0.05) is 32.4 Å². The second-order valence-electron chi connectivity index (χ2n) is 9.83. The van der Waals surface area contributed by atoms with Crippen molar-refractivity contribution in [3.8, 4) is 0 Å². The van der Waals surface area contributed by atoms with Gasteiger partial charge in [0.2, 0.25) is 5.91 Å². The number of nitrogens with one attached hydrogen (secondary N) is 1. The molecule has 3 heterocycles. The average molecular weight is 418 g/mol. The summed E-state index contributed by atoms with van der Waals surface area (Å²) in [5.41, 5.74) is 0.689. The number of pyridine rings is 1. The van der Waals surface area contributed by atoms with Crippen molar-refractivity contribution in [1.29, 1.82) is 0 Å². The summed E-state index contributed by atoms with van der Waals surface area (Å²) < 4.78 is 1.93. The first-order chi connectivity index (χ1) is 13.4. The van der Waals surface area contributed by atoms with Crippen LogP contribution in [-0.2, 0) is 15.7 Å². The van der Waals surface area contributed by atoms with Gasteiger partial charge in [-0.25, -0.2) is 9.67 Å². The van der Waals surface area contributed by atoms with Gasteiger partial charge in [0.1, 0.15) is 11.6 Å². The number of hydrogen-bond acceptors (Lipinski definition) is 4. The standard InChI is InChI=1S/C22H32ClN5O/c1-21(2,3)17-13-19(28(26-17)22(4,5)6)25-20(29)15-9-11-27(12-10-15)18-8-7-16(23)14-24-18/h7-8,13-15H,9-12H2,1-6H3,(H,25,29). The third kappa shape index (κ3) is 5.10. The quantitative estimate of drug-likeness (QED) is 0.776. The van der Waals surface area contributed by atoms with Gasteiger partial charge >= 0.3 is 0 Å². The highest BCUT2D eigenvalue weighted by atomic mass is 35.5. The van der Waals surface area contributed by atoms with Gasteiger partial charge in [-0.05, 0) is 45.7 Å². The van der Waals surface area contributed by atoms with Crippen LogP contribution in [0.15, 0.2) is 24.4 Å². The Morgan fingerprint density at radius 1 is 1.14 bits per heavy atom. The molecule has 0 unspecified atom stereocenters. The molecule has 1 N–H and O–H groups in total. The van der Waals surface area contributed by atoms with Gasteiger partial charge in [0.15, 0.2) is 0 Å². The molecule has 3 rings (SSSR count). The number of amides is 1. The minimum absolute atomic E-state index is 0.0139. The summed E-state index contributed by atoms with van der Waals surface area (Å²) in [4.78, 5) is 19.6. The van der Waals surface area contributed by atoms with Crippen LogP contribution in [0.2, 0.25) is 5.02 Å². The number of anilines is 2. The number of carbonyl (C=O) groups is 1. The molecule has 0 radical (unpaired) electrons. The number of rotatable bonds is 3. The number of piperidine rings is 1. The van der Waals surface area contributed by atoms with Crippen LogP contribution in [0, 0.1) is 5.92 Å². The highest BCUT2D eigenvalue weighted by Gasteiger charge is 2.29. The topological polar surface area (TPSA) is 63.1 Å². The minimum Gasteiger partial charge on any atom is -0.357 e. The predicted octanol–water partition coefficient (Wildman–Crippen LogP) is 4.84. The van der Waals surface area contributed by atoms with E-state index in [0.717, 1.165) is 43.3 Å². The lowest BCUT2D eigenvalue weighted by Gasteiger charge is -2.32. The Morgan fingerprint density at radius 2 is 1.79 bits per heavy atom. The molecule has 0 spiro atoms. The van der Waals surface area contributed by atoms with Crippen molar-refractivity contribution >= 4 is 29.1 Å². The van der Waals surface area contributed by atoms with Crippen molar-refractivity contribution in [2.75, 3.05) is 23.3 Å². The van der Waals surface area contributed by atoms with E-state index in [1.54, 1.807) is 6.20 Å². The zero-order valence-electron chi connectivity index (χ0n) is 18.3. The third-order valence-electron chi connectivity index (χ3n) is 5.27. The molecule has 6 nitrogen and oxygen atoms in total. The molecule has 2 aromatic heterocycles. The van der Waals surface area contributed by atoms with Crippen LogP contribution in [0.5, 0.6) is 0 Å². The molecule has 1 saturated heterocycles. The lowest BCUT2D eigenvalue weighted by molar-refractivity contribution is -0.120. The normalized spacial score (nSPS) is 16.2. The van der Waals surface area contributed by atoms with Gasteiger partial charge in [0, 0.05) is 36.7 Å². The highest BCUT2D eigenvalue weighted by molar-refractivity contribution is 6.30. The Morgan fingerprint density at radius 3 is 2.31 bits per heavy atom. The monoisotopic (exact) mass is 417 g/mol. The van der Waals surface area contributed by atoms with E-state index in [1.165, 1.54) is 0 Å². The van der Waals surface area contributed by atoms with Crippen LogP contribution in [0.25, 0.3) is 0 Å². The van der Waals surface area contributed by atoms with E-state index in [4.69, 9.17) is 16.7 Å². The van der Waals surface area contributed by atoms with Crippen molar-refractivity contribution in [2.45, 2.75) is 65.3 Å². The highest BCUT2D eigenvalue weighted by Crippen LogP contribution is 2.29. The maximum absolute atomic E-state index is 13.0. The van der Waals surface area contributed by atoms with E-state index >= 15 is 0 Å². The Balaban J connectivity index is 1.68. The molecular weight excluding hydrogens is 386 g/mol. The van der Waals surface area contributed by atoms with Gasteiger partial charge in [-0.2, -0.15) is 5.10 Å². The number of carbonyl (C=O) groups excluding carboxylic acids is 1. The number of nitrogens with zero attached hydrogens (tertiary/aromatic N) is 4. The van der Waals surface area contributed by atoms with Crippen molar-refractivity contribution in [2.24, 2.45) is 5.92 Å². The van der Waals surface area contributed by atoms with E-state index in [1.807, 2.05) is 22.9 Å².